The monoisotopic (exact) mass is 314 g/mol. The van der Waals surface area contributed by atoms with E-state index in [1.807, 2.05) is 32.2 Å². The lowest BCUT2D eigenvalue weighted by Crippen LogP contribution is -2.29. The summed E-state index contributed by atoms with van der Waals surface area (Å²) in [5.74, 6) is 0.626. The van der Waals surface area contributed by atoms with Crippen LogP contribution in [0.2, 0.25) is 0 Å². The van der Waals surface area contributed by atoms with Crippen LogP contribution in [-0.4, -0.2) is 26.1 Å². The van der Waals surface area contributed by atoms with Crippen LogP contribution in [0.15, 0.2) is 22.7 Å². The molecule has 1 aromatic rings. The zero-order valence-electron chi connectivity index (χ0n) is 10.8. The molecule has 0 radical (unpaired) electrons. The molecule has 0 spiro atoms. The third-order valence-corrected chi connectivity index (χ3v) is 2.96. The highest BCUT2D eigenvalue weighted by Crippen LogP contribution is 2.28. The molecule has 1 rings (SSSR count). The number of nitrogens with one attached hydrogen (secondary N) is 2. The maximum Gasteiger partial charge on any atom is 0.257 e. The van der Waals surface area contributed by atoms with E-state index in [1.165, 1.54) is 0 Å². The molecule has 2 N–H and O–H groups in total. The normalized spacial score (nSPS) is 10.2. The lowest BCUT2D eigenvalue weighted by Gasteiger charge is -2.13. The van der Waals surface area contributed by atoms with Crippen LogP contribution in [0.3, 0.4) is 0 Å². The van der Waals surface area contributed by atoms with E-state index in [2.05, 4.69) is 26.6 Å². The fourth-order valence-electron chi connectivity index (χ4n) is 1.50. The van der Waals surface area contributed by atoms with Gasteiger partial charge in [-0.1, -0.05) is 19.1 Å². The summed E-state index contributed by atoms with van der Waals surface area (Å²) in [4.78, 5) is 11.5. The van der Waals surface area contributed by atoms with Crippen molar-refractivity contribution in [3.05, 3.63) is 28.2 Å². The zero-order valence-corrected chi connectivity index (χ0v) is 12.3. The third-order valence-electron chi connectivity index (χ3n) is 2.34. The highest BCUT2D eigenvalue weighted by atomic mass is 79.9. The Kier molecular flexibility index (Phi) is 6.75. The number of halogens is 1. The van der Waals surface area contributed by atoms with Gasteiger partial charge in [-0.05, 0) is 35.5 Å². The van der Waals surface area contributed by atoms with Gasteiger partial charge in [-0.25, -0.2) is 0 Å². The molecule has 5 heteroatoms. The summed E-state index contributed by atoms with van der Waals surface area (Å²) in [6.07, 6.45) is 0.922. The van der Waals surface area contributed by atoms with Crippen LogP contribution in [0.4, 0.5) is 0 Å². The number of hydrogen-bond acceptors (Lipinski definition) is 3. The first-order chi connectivity index (χ1) is 8.69. The summed E-state index contributed by atoms with van der Waals surface area (Å²) in [5, 5.41) is 5.85. The molecule has 0 saturated heterocycles. The molecule has 0 saturated carbocycles. The molecule has 18 heavy (non-hydrogen) atoms. The lowest BCUT2D eigenvalue weighted by atomic mass is 10.2. The average molecular weight is 315 g/mol. The maximum atomic E-state index is 11.5. The van der Waals surface area contributed by atoms with Gasteiger partial charge in [-0.2, -0.15) is 0 Å². The van der Waals surface area contributed by atoms with E-state index in [0.29, 0.717) is 13.1 Å². The van der Waals surface area contributed by atoms with Crippen molar-refractivity contribution in [3.63, 3.8) is 0 Å². The maximum absolute atomic E-state index is 11.5. The Morgan fingerprint density at radius 2 is 2.22 bits per heavy atom. The molecule has 0 aliphatic heterocycles. The molecule has 0 fully saturated rings. The van der Waals surface area contributed by atoms with Gasteiger partial charge in [0.15, 0.2) is 6.61 Å². The van der Waals surface area contributed by atoms with Crippen molar-refractivity contribution >= 4 is 21.8 Å². The predicted octanol–water partition coefficient (Wildman–Crippen LogP) is 2.07. The summed E-state index contributed by atoms with van der Waals surface area (Å²) in [5.41, 5.74) is 1.02. The molecular formula is C13H19BrN2O2. The minimum Gasteiger partial charge on any atom is -0.482 e. The minimum atomic E-state index is -0.0944. The first-order valence-electron chi connectivity index (χ1n) is 6.00. The van der Waals surface area contributed by atoms with Gasteiger partial charge in [0.05, 0.1) is 4.47 Å². The molecular weight excluding hydrogens is 296 g/mol. The molecule has 0 aliphatic rings. The van der Waals surface area contributed by atoms with E-state index in [9.17, 15) is 4.79 Å². The molecule has 0 atom stereocenters. The molecule has 0 bridgehead atoms. The van der Waals surface area contributed by atoms with Crippen LogP contribution in [0.1, 0.15) is 18.9 Å². The summed E-state index contributed by atoms with van der Waals surface area (Å²) in [6, 6.07) is 5.82. The van der Waals surface area contributed by atoms with Crippen molar-refractivity contribution in [2.24, 2.45) is 0 Å². The van der Waals surface area contributed by atoms with Crippen molar-refractivity contribution in [3.8, 4) is 5.75 Å². The SMILES string of the molecule is CCCNC(=O)COc1c(Br)cccc1CNC. The average Bonchev–Trinajstić information content (AvgIpc) is 2.36. The summed E-state index contributed by atoms with van der Waals surface area (Å²) >= 11 is 3.44. The van der Waals surface area contributed by atoms with Gasteiger partial charge in [-0.15, -0.1) is 0 Å². The first-order valence-corrected chi connectivity index (χ1v) is 6.79. The summed E-state index contributed by atoms with van der Waals surface area (Å²) in [6.45, 7) is 3.44. The van der Waals surface area contributed by atoms with Gasteiger partial charge in [0.1, 0.15) is 5.75 Å². The third kappa shape index (κ3) is 4.66. The van der Waals surface area contributed by atoms with Gasteiger partial charge in [0.25, 0.3) is 5.91 Å². The van der Waals surface area contributed by atoms with Gasteiger partial charge < -0.3 is 15.4 Å². The Morgan fingerprint density at radius 1 is 1.44 bits per heavy atom. The number of para-hydroxylation sites is 1. The molecule has 0 unspecified atom stereocenters. The molecule has 1 aromatic carbocycles. The minimum absolute atomic E-state index is 0.0410. The molecule has 0 aliphatic carbocycles. The standard InChI is InChI=1S/C13H19BrN2O2/c1-3-7-16-12(17)9-18-13-10(8-15-2)5-4-6-11(13)14/h4-6,15H,3,7-9H2,1-2H3,(H,16,17). The van der Waals surface area contributed by atoms with Crippen LogP contribution >= 0.6 is 15.9 Å². The number of amides is 1. The molecule has 4 nitrogen and oxygen atoms in total. The largest absolute Gasteiger partial charge is 0.482 e. The second-order valence-corrected chi connectivity index (χ2v) is 4.75. The van der Waals surface area contributed by atoms with Crippen LogP contribution < -0.4 is 15.4 Å². The number of ether oxygens (including phenoxy) is 1. The molecule has 0 heterocycles. The molecule has 100 valence electrons. The van der Waals surface area contributed by atoms with Crippen molar-refractivity contribution in [1.29, 1.82) is 0 Å². The van der Waals surface area contributed by atoms with Crippen molar-refractivity contribution < 1.29 is 9.53 Å². The molecule has 1 amide bonds. The van der Waals surface area contributed by atoms with Crippen molar-refractivity contribution in [1.82, 2.24) is 10.6 Å². The Hall–Kier alpha value is -1.07. The summed E-state index contributed by atoms with van der Waals surface area (Å²) in [7, 11) is 1.87. The first kappa shape index (κ1) is 15.0. The van der Waals surface area contributed by atoms with Crippen LogP contribution in [0.5, 0.6) is 5.75 Å². The number of benzene rings is 1. The quantitative estimate of drug-likeness (QED) is 0.810. The van der Waals surface area contributed by atoms with Gasteiger partial charge in [0, 0.05) is 18.7 Å². The number of rotatable bonds is 7. The second kappa shape index (κ2) is 8.11. The zero-order chi connectivity index (χ0) is 13.4. The smallest absolute Gasteiger partial charge is 0.257 e. The lowest BCUT2D eigenvalue weighted by molar-refractivity contribution is -0.123. The highest BCUT2D eigenvalue weighted by molar-refractivity contribution is 9.10. The van der Waals surface area contributed by atoms with Gasteiger partial charge in [0.2, 0.25) is 0 Å². The number of carbonyl (C=O) groups is 1. The van der Waals surface area contributed by atoms with Crippen LogP contribution in [0.25, 0.3) is 0 Å². The van der Waals surface area contributed by atoms with E-state index in [-0.39, 0.29) is 12.5 Å². The van der Waals surface area contributed by atoms with Crippen molar-refractivity contribution in [2.75, 3.05) is 20.2 Å². The number of hydrogen-bond donors (Lipinski definition) is 2. The Balaban J connectivity index is 2.62. The van der Waals surface area contributed by atoms with E-state index in [0.717, 1.165) is 22.2 Å². The fraction of sp³-hybridized carbons (Fsp3) is 0.462. The van der Waals surface area contributed by atoms with E-state index in [4.69, 9.17) is 4.74 Å². The van der Waals surface area contributed by atoms with Gasteiger partial charge in [-0.3, -0.25) is 4.79 Å². The van der Waals surface area contributed by atoms with E-state index >= 15 is 0 Å². The fourth-order valence-corrected chi connectivity index (χ4v) is 2.02. The van der Waals surface area contributed by atoms with Crippen LogP contribution in [0, 0.1) is 0 Å². The van der Waals surface area contributed by atoms with Crippen molar-refractivity contribution in [2.45, 2.75) is 19.9 Å². The van der Waals surface area contributed by atoms with Crippen LogP contribution in [-0.2, 0) is 11.3 Å². The van der Waals surface area contributed by atoms with Gasteiger partial charge >= 0.3 is 0 Å². The predicted molar refractivity (Wildman–Crippen MR) is 75.7 cm³/mol. The Labute approximate surface area is 116 Å². The molecule has 0 aromatic heterocycles. The topological polar surface area (TPSA) is 50.4 Å². The van der Waals surface area contributed by atoms with E-state index in [1.54, 1.807) is 0 Å². The number of carbonyl (C=O) groups excluding carboxylic acids is 1. The summed E-state index contributed by atoms with van der Waals surface area (Å²) < 4.78 is 6.44. The highest BCUT2D eigenvalue weighted by Gasteiger charge is 2.09. The Morgan fingerprint density at radius 3 is 2.89 bits per heavy atom. The van der Waals surface area contributed by atoms with E-state index < -0.39 is 0 Å². The second-order valence-electron chi connectivity index (χ2n) is 3.90. The Bertz CT molecular complexity index is 397.